The number of hydrogen-bond acceptors (Lipinski definition) is 5. The topological polar surface area (TPSA) is 66.9 Å². The molecule has 1 aliphatic rings. The number of carbonyl (C=O) groups excluding carboxylic acids is 1. The number of benzene rings is 1. The van der Waals surface area contributed by atoms with Gasteiger partial charge in [0.05, 0.1) is 5.92 Å². The Morgan fingerprint density at radius 2 is 2.19 bits per heavy atom. The van der Waals surface area contributed by atoms with Gasteiger partial charge in [-0.1, -0.05) is 41.2 Å². The molecular weight excluding hydrogens is 284 g/mol. The molecule has 0 bridgehead atoms. The Kier molecular flexibility index (Phi) is 4.26. The Labute approximate surface area is 127 Å². The molecule has 110 valence electrons. The van der Waals surface area contributed by atoms with Crippen molar-refractivity contribution in [3.05, 3.63) is 40.4 Å². The van der Waals surface area contributed by atoms with Crippen LogP contribution in [0.4, 0.5) is 5.13 Å². The van der Waals surface area contributed by atoms with Crippen LogP contribution in [0.2, 0.25) is 0 Å². The van der Waals surface area contributed by atoms with Crippen LogP contribution in [-0.4, -0.2) is 29.2 Å². The molecule has 0 aliphatic carbocycles. The summed E-state index contributed by atoms with van der Waals surface area (Å²) in [6.07, 6.45) is 1.64. The summed E-state index contributed by atoms with van der Waals surface area (Å²) in [6.45, 7) is 3.73. The predicted molar refractivity (Wildman–Crippen MR) is 83.5 cm³/mol. The first-order chi connectivity index (χ1) is 10.2. The minimum Gasteiger partial charge on any atom is -0.316 e. The molecule has 0 saturated carbocycles. The molecule has 0 radical (unpaired) electrons. The van der Waals surface area contributed by atoms with Gasteiger partial charge in [0.2, 0.25) is 11.0 Å². The molecular formula is C15H18N4OS. The molecule has 1 amide bonds. The molecule has 6 heteroatoms. The lowest BCUT2D eigenvalue weighted by Crippen LogP contribution is -2.24. The summed E-state index contributed by atoms with van der Waals surface area (Å²) in [5, 5.41) is 15.8. The molecule has 2 heterocycles. The number of nitrogens with one attached hydrogen (secondary N) is 2. The number of aromatic nitrogens is 2. The number of aryl methyl sites for hydroxylation is 1. The van der Waals surface area contributed by atoms with Gasteiger partial charge in [-0.2, -0.15) is 0 Å². The monoisotopic (exact) mass is 302 g/mol. The van der Waals surface area contributed by atoms with Crippen molar-refractivity contribution in [2.24, 2.45) is 5.92 Å². The van der Waals surface area contributed by atoms with E-state index in [0.29, 0.717) is 5.13 Å². The van der Waals surface area contributed by atoms with Crippen LogP contribution < -0.4 is 10.6 Å². The maximum absolute atomic E-state index is 12.0. The van der Waals surface area contributed by atoms with E-state index in [2.05, 4.69) is 52.0 Å². The lowest BCUT2D eigenvalue weighted by atomic mass is 10.1. The quantitative estimate of drug-likeness (QED) is 0.906. The van der Waals surface area contributed by atoms with Gasteiger partial charge in [0.25, 0.3) is 0 Å². The molecule has 1 aromatic carbocycles. The zero-order valence-electron chi connectivity index (χ0n) is 11.9. The highest BCUT2D eigenvalue weighted by Gasteiger charge is 2.23. The number of hydrogen-bond donors (Lipinski definition) is 2. The lowest BCUT2D eigenvalue weighted by molar-refractivity contribution is -0.119. The van der Waals surface area contributed by atoms with Gasteiger partial charge >= 0.3 is 0 Å². The van der Waals surface area contributed by atoms with Crippen molar-refractivity contribution in [2.75, 3.05) is 18.4 Å². The Bertz CT molecular complexity index is 617. The van der Waals surface area contributed by atoms with E-state index in [1.807, 2.05) is 0 Å². The van der Waals surface area contributed by atoms with E-state index in [4.69, 9.17) is 0 Å². The molecule has 1 aliphatic heterocycles. The zero-order valence-corrected chi connectivity index (χ0v) is 12.7. The van der Waals surface area contributed by atoms with Crippen molar-refractivity contribution in [1.29, 1.82) is 0 Å². The van der Waals surface area contributed by atoms with Crippen molar-refractivity contribution in [2.45, 2.75) is 19.8 Å². The molecule has 1 aromatic heterocycles. The number of anilines is 1. The van der Waals surface area contributed by atoms with Gasteiger partial charge < -0.3 is 10.6 Å². The summed E-state index contributed by atoms with van der Waals surface area (Å²) < 4.78 is 0. The van der Waals surface area contributed by atoms with Crippen LogP contribution in [0.25, 0.3) is 0 Å². The highest BCUT2D eigenvalue weighted by atomic mass is 32.1. The Hall–Kier alpha value is -1.79. The molecule has 3 rings (SSSR count). The van der Waals surface area contributed by atoms with Crippen molar-refractivity contribution in [1.82, 2.24) is 15.5 Å². The fourth-order valence-corrected chi connectivity index (χ4v) is 3.12. The van der Waals surface area contributed by atoms with E-state index in [9.17, 15) is 4.79 Å². The van der Waals surface area contributed by atoms with Gasteiger partial charge in [0.15, 0.2) is 0 Å². The third-order valence-corrected chi connectivity index (χ3v) is 4.44. The van der Waals surface area contributed by atoms with E-state index in [1.165, 1.54) is 22.5 Å². The smallest absolute Gasteiger partial charge is 0.230 e. The maximum Gasteiger partial charge on any atom is 0.230 e. The van der Waals surface area contributed by atoms with Gasteiger partial charge in [0.1, 0.15) is 5.01 Å². The summed E-state index contributed by atoms with van der Waals surface area (Å²) in [5.41, 5.74) is 2.45. The predicted octanol–water partition coefficient (Wildman–Crippen LogP) is 1.99. The third kappa shape index (κ3) is 3.65. The Morgan fingerprint density at radius 3 is 2.90 bits per heavy atom. The van der Waals surface area contributed by atoms with Gasteiger partial charge in [0, 0.05) is 13.0 Å². The maximum atomic E-state index is 12.0. The fraction of sp³-hybridized carbons (Fsp3) is 0.400. The zero-order chi connectivity index (χ0) is 14.7. The Morgan fingerprint density at radius 1 is 1.38 bits per heavy atom. The minimum absolute atomic E-state index is 0.0398. The highest BCUT2D eigenvalue weighted by Crippen LogP contribution is 2.20. The Balaban J connectivity index is 1.60. The molecule has 1 saturated heterocycles. The van der Waals surface area contributed by atoms with Crippen LogP contribution in [0.3, 0.4) is 0 Å². The molecule has 1 unspecified atom stereocenters. The SMILES string of the molecule is Cc1ccc(Cc2nnc(NC(=O)C3CCNC3)s2)cc1. The van der Waals surface area contributed by atoms with Gasteiger partial charge in [-0.05, 0) is 25.5 Å². The number of rotatable bonds is 4. The molecule has 1 atom stereocenters. The second-order valence-corrected chi connectivity index (χ2v) is 6.40. The second kappa shape index (κ2) is 6.32. The van der Waals surface area contributed by atoms with Crippen molar-refractivity contribution < 1.29 is 4.79 Å². The fourth-order valence-electron chi connectivity index (χ4n) is 2.34. The van der Waals surface area contributed by atoms with Crippen molar-refractivity contribution in [3.8, 4) is 0 Å². The largest absolute Gasteiger partial charge is 0.316 e. The van der Waals surface area contributed by atoms with E-state index >= 15 is 0 Å². The van der Waals surface area contributed by atoms with Crippen molar-refractivity contribution >= 4 is 22.4 Å². The lowest BCUT2D eigenvalue weighted by Gasteiger charge is -2.06. The van der Waals surface area contributed by atoms with E-state index in [0.717, 1.165) is 30.9 Å². The van der Waals surface area contributed by atoms with Gasteiger partial charge in [-0.25, -0.2) is 0 Å². The average molecular weight is 302 g/mol. The third-order valence-electron chi connectivity index (χ3n) is 3.60. The highest BCUT2D eigenvalue weighted by molar-refractivity contribution is 7.15. The van der Waals surface area contributed by atoms with E-state index in [-0.39, 0.29) is 11.8 Å². The average Bonchev–Trinajstić information content (AvgIpc) is 3.13. The first kappa shape index (κ1) is 14.2. The van der Waals surface area contributed by atoms with Crippen LogP contribution >= 0.6 is 11.3 Å². The first-order valence-electron chi connectivity index (χ1n) is 7.10. The van der Waals surface area contributed by atoms with Crippen LogP contribution in [0.15, 0.2) is 24.3 Å². The summed E-state index contributed by atoms with van der Waals surface area (Å²) in [6, 6.07) is 8.37. The molecule has 21 heavy (non-hydrogen) atoms. The normalized spacial score (nSPS) is 17.9. The van der Waals surface area contributed by atoms with Crippen molar-refractivity contribution in [3.63, 3.8) is 0 Å². The minimum atomic E-state index is 0.0398. The van der Waals surface area contributed by atoms with E-state index < -0.39 is 0 Å². The molecule has 5 nitrogen and oxygen atoms in total. The first-order valence-corrected chi connectivity index (χ1v) is 7.92. The van der Waals surface area contributed by atoms with Crippen LogP contribution in [0.5, 0.6) is 0 Å². The molecule has 1 fully saturated rings. The van der Waals surface area contributed by atoms with Crippen LogP contribution in [0, 0.1) is 12.8 Å². The molecule has 2 N–H and O–H groups in total. The van der Waals surface area contributed by atoms with Gasteiger partial charge in [-0.3, -0.25) is 4.79 Å². The number of carbonyl (C=O) groups is 1. The van der Waals surface area contributed by atoms with E-state index in [1.54, 1.807) is 0 Å². The second-order valence-electron chi connectivity index (χ2n) is 5.34. The summed E-state index contributed by atoms with van der Waals surface area (Å²) >= 11 is 1.44. The summed E-state index contributed by atoms with van der Waals surface area (Å²) in [4.78, 5) is 12.0. The number of amides is 1. The van der Waals surface area contributed by atoms with Crippen LogP contribution in [-0.2, 0) is 11.2 Å². The van der Waals surface area contributed by atoms with Gasteiger partial charge in [-0.15, -0.1) is 10.2 Å². The molecule has 0 spiro atoms. The summed E-state index contributed by atoms with van der Waals surface area (Å²) in [5.74, 6) is 0.0903. The number of nitrogens with zero attached hydrogens (tertiary/aromatic N) is 2. The summed E-state index contributed by atoms with van der Waals surface area (Å²) in [7, 11) is 0. The van der Waals surface area contributed by atoms with Crippen LogP contribution in [0.1, 0.15) is 22.6 Å². The molecule has 2 aromatic rings. The standard InChI is InChI=1S/C15H18N4OS/c1-10-2-4-11(5-3-10)8-13-18-19-15(21-13)17-14(20)12-6-7-16-9-12/h2-5,12,16H,6-9H2,1H3,(H,17,19,20).